The number of carbonyl (C=O) groups excluding carboxylic acids is 1. The van der Waals surface area contributed by atoms with Crippen molar-refractivity contribution in [1.82, 2.24) is 14.9 Å². The average Bonchev–Trinajstić information content (AvgIpc) is 2.69. The fourth-order valence-electron chi connectivity index (χ4n) is 2.54. The van der Waals surface area contributed by atoms with Crippen molar-refractivity contribution in [3.8, 4) is 5.75 Å². The molecule has 0 aliphatic rings. The van der Waals surface area contributed by atoms with Gasteiger partial charge in [-0.15, -0.1) is 0 Å². The summed E-state index contributed by atoms with van der Waals surface area (Å²) in [6.45, 7) is 2.80. The minimum atomic E-state index is -0.260. The monoisotopic (exact) mass is 401 g/mol. The lowest BCUT2D eigenvalue weighted by atomic mass is 10.2. The van der Waals surface area contributed by atoms with E-state index in [0.717, 1.165) is 21.7 Å². The van der Waals surface area contributed by atoms with Crippen LogP contribution in [0.2, 0.25) is 5.02 Å². The summed E-state index contributed by atoms with van der Waals surface area (Å²) in [6.07, 6.45) is 1.53. The highest BCUT2D eigenvalue weighted by Gasteiger charge is 2.20. The maximum absolute atomic E-state index is 12.7. The van der Waals surface area contributed by atoms with E-state index in [1.807, 2.05) is 43.3 Å². The van der Waals surface area contributed by atoms with Crippen molar-refractivity contribution < 1.29 is 9.53 Å². The smallest absolute Gasteiger partial charge is 0.235 e. The number of carbonyl (C=O) groups is 1. The zero-order chi connectivity index (χ0) is 19.2. The minimum Gasteiger partial charge on any atom is -0.492 e. The topological polar surface area (TPSA) is 55.3 Å². The minimum absolute atomic E-state index is 0.0300. The van der Waals surface area contributed by atoms with Gasteiger partial charge in [0, 0.05) is 17.5 Å². The number of ether oxygens (including phenoxy) is 1. The molecule has 0 bridgehead atoms. The highest BCUT2D eigenvalue weighted by atomic mass is 35.5. The molecule has 0 saturated heterocycles. The molecule has 0 saturated carbocycles. The lowest BCUT2D eigenvalue weighted by molar-refractivity contribution is -0.129. The number of aromatic nitrogens is 2. The van der Waals surface area contributed by atoms with Gasteiger partial charge in [-0.2, -0.15) is 0 Å². The summed E-state index contributed by atoms with van der Waals surface area (Å²) in [5.74, 6) is 0.762. The Morgan fingerprint density at radius 1 is 1.19 bits per heavy atom. The number of rotatable bonds is 7. The standard InChI is InChI=1S/C20H20ClN3O2S/c1-14(27-19-17-5-3-4-6-18(17)22-13-23-19)20(25)24(2)11-12-26-16-9-7-15(21)8-10-16/h3-10,13-14H,11-12H2,1-2H3/t14-/m1/s1. The maximum atomic E-state index is 12.7. The summed E-state index contributed by atoms with van der Waals surface area (Å²) in [6, 6.07) is 15.0. The number of benzene rings is 2. The molecular formula is C20H20ClN3O2S. The number of amides is 1. The van der Waals surface area contributed by atoms with Gasteiger partial charge in [-0.1, -0.05) is 41.6 Å². The highest BCUT2D eigenvalue weighted by molar-refractivity contribution is 8.00. The Balaban J connectivity index is 1.55. The number of thioether (sulfide) groups is 1. The van der Waals surface area contributed by atoms with Crippen LogP contribution >= 0.6 is 23.4 Å². The lowest BCUT2D eigenvalue weighted by Gasteiger charge is -2.21. The van der Waals surface area contributed by atoms with Crippen LogP contribution in [0.15, 0.2) is 59.9 Å². The maximum Gasteiger partial charge on any atom is 0.235 e. The van der Waals surface area contributed by atoms with Crippen LogP contribution in [-0.4, -0.2) is 46.2 Å². The Morgan fingerprint density at radius 2 is 1.93 bits per heavy atom. The summed E-state index contributed by atoms with van der Waals surface area (Å²) < 4.78 is 5.66. The molecule has 0 aliphatic carbocycles. The molecule has 0 spiro atoms. The van der Waals surface area contributed by atoms with Gasteiger partial charge in [0.15, 0.2) is 0 Å². The first-order valence-electron chi connectivity index (χ1n) is 8.54. The SMILES string of the molecule is C[C@@H](Sc1ncnc2ccccc12)C(=O)N(C)CCOc1ccc(Cl)cc1. The van der Waals surface area contributed by atoms with Gasteiger partial charge in [-0.25, -0.2) is 9.97 Å². The number of hydrogen-bond acceptors (Lipinski definition) is 5. The van der Waals surface area contributed by atoms with Crippen molar-refractivity contribution >= 4 is 40.2 Å². The predicted molar refractivity (Wildman–Crippen MR) is 109 cm³/mol. The van der Waals surface area contributed by atoms with E-state index in [-0.39, 0.29) is 11.2 Å². The third-order valence-corrected chi connectivity index (χ3v) is 5.38. The summed E-state index contributed by atoms with van der Waals surface area (Å²) in [5.41, 5.74) is 0.874. The van der Waals surface area contributed by atoms with E-state index in [1.54, 1.807) is 24.1 Å². The third-order valence-electron chi connectivity index (χ3n) is 4.03. The van der Waals surface area contributed by atoms with Crippen molar-refractivity contribution in [2.45, 2.75) is 17.2 Å². The second-order valence-electron chi connectivity index (χ2n) is 6.02. The van der Waals surface area contributed by atoms with Crippen molar-refractivity contribution in [3.63, 3.8) is 0 Å². The molecule has 3 rings (SSSR count). The molecule has 1 atom stereocenters. The van der Waals surface area contributed by atoms with Crippen molar-refractivity contribution in [2.75, 3.05) is 20.2 Å². The number of fused-ring (bicyclic) bond motifs is 1. The van der Waals surface area contributed by atoms with Gasteiger partial charge >= 0.3 is 0 Å². The third kappa shape index (κ3) is 5.11. The average molecular weight is 402 g/mol. The lowest BCUT2D eigenvalue weighted by Crippen LogP contribution is -2.36. The molecule has 3 aromatic rings. The van der Waals surface area contributed by atoms with E-state index in [4.69, 9.17) is 16.3 Å². The van der Waals surface area contributed by atoms with E-state index in [9.17, 15) is 4.79 Å². The van der Waals surface area contributed by atoms with Crippen molar-refractivity contribution in [2.24, 2.45) is 0 Å². The zero-order valence-electron chi connectivity index (χ0n) is 15.1. The van der Waals surface area contributed by atoms with Crippen LogP contribution < -0.4 is 4.74 Å². The van der Waals surface area contributed by atoms with E-state index >= 15 is 0 Å². The van der Waals surface area contributed by atoms with Crippen LogP contribution in [0.3, 0.4) is 0 Å². The van der Waals surface area contributed by atoms with Crippen LogP contribution in [0.4, 0.5) is 0 Å². The summed E-state index contributed by atoms with van der Waals surface area (Å²) >= 11 is 7.30. The molecule has 27 heavy (non-hydrogen) atoms. The number of halogens is 1. The summed E-state index contributed by atoms with van der Waals surface area (Å²) in [4.78, 5) is 22.9. The molecule has 1 aromatic heterocycles. The number of nitrogens with zero attached hydrogens (tertiary/aromatic N) is 3. The molecule has 7 heteroatoms. The zero-order valence-corrected chi connectivity index (χ0v) is 16.7. The molecular weight excluding hydrogens is 382 g/mol. The van der Waals surface area contributed by atoms with Crippen LogP contribution in [0, 0.1) is 0 Å². The van der Waals surface area contributed by atoms with Gasteiger partial charge in [0.2, 0.25) is 5.91 Å². The van der Waals surface area contributed by atoms with Gasteiger partial charge in [0.05, 0.1) is 17.3 Å². The first kappa shape index (κ1) is 19.5. The number of likely N-dealkylation sites (N-methyl/N-ethyl adjacent to an activating group) is 1. The van der Waals surface area contributed by atoms with Gasteiger partial charge in [-0.05, 0) is 37.3 Å². The molecule has 0 unspecified atom stereocenters. The number of hydrogen-bond donors (Lipinski definition) is 0. The Bertz CT molecular complexity index is 915. The van der Waals surface area contributed by atoms with Crippen LogP contribution in [0.25, 0.3) is 10.9 Å². The molecule has 1 amide bonds. The molecule has 1 heterocycles. The molecule has 5 nitrogen and oxygen atoms in total. The van der Waals surface area contributed by atoms with Gasteiger partial charge in [-0.3, -0.25) is 4.79 Å². The fourth-order valence-corrected chi connectivity index (χ4v) is 3.69. The molecule has 0 aliphatic heterocycles. The summed E-state index contributed by atoms with van der Waals surface area (Å²) in [5, 5.41) is 2.17. The molecule has 0 fully saturated rings. The second-order valence-corrected chi connectivity index (χ2v) is 7.78. The quantitative estimate of drug-likeness (QED) is 0.436. The Kier molecular flexibility index (Phi) is 6.53. The largest absolute Gasteiger partial charge is 0.492 e. The van der Waals surface area contributed by atoms with Gasteiger partial charge < -0.3 is 9.64 Å². The van der Waals surface area contributed by atoms with Crippen molar-refractivity contribution in [1.29, 1.82) is 0 Å². The predicted octanol–water partition coefficient (Wildman–Crippen LogP) is 4.30. The summed E-state index contributed by atoms with van der Waals surface area (Å²) in [7, 11) is 1.78. The second kappa shape index (κ2) is 9.06. The van der Waals surface area contributed by atoms with Gasteiger partial charge in [0.1, 0.15) is 23.7 Å². The van der Waals surface area contributed by atoms with E-state index in [2.05, 4.69) is 9.97 Å². The molecule has 0 radical (unpaired) electrons. The van der Waals surface area contributed by atoms with E-state index < -0.39 is 0 Å². The molecule has 0 N–H and O–H groups in total. The van der Waals surface area contributed by atoms with E-state index in [1.165, 1.54) is 18.1 Å². The van der Waals surface area contributed by atoms with Gasteiger partial charge in [0.25, 0.3) is 0 Å². The Labute approximate surface area is 167 Å². The highest BCUT2D eigenvalue weighted by Crippen LogP contribution is 2.28. The molecule has 2 aromatic carbocycles. The van der Waals surface area contributed by atoms with E-state index in [0.29, 0.717) is 18.2 Å². The molecule has 140 valence electrons. The van der Waals surface area contributed by atoms with Crippen LogP contribution in [0.5, 0.6) is 5.75 Å². The number of para-hydroxylation sites is 1. The first-order chi connectivity index (χ1) is 13.0. The van der Waals surface area contributed by atoms with Crippen LogP contribution in [-0.2, 0) is 4.79 Å². The fraction of sp³-hybridized carbons (Fsp3) is 0.250. The van der Waals surface area contributed by atoms with Crippen LogP contribution in [0.1, 0.15) is 6.92 Å². The first-order valence-corrected chi connectivity index (χ1v) is 9.80. The Morgan fingerprint density at radius 3 is 2.70 bits per heavy atom. The Hall–Kier alpha value is -2.31. The normalized spacial score (nSPS) is 12.0. The van der Waals surface area contributed by atoms with Crippen molar-refractivity contribution in [3.05, 3.63) is 59.9 Å².